The van der Waals surface area contributed by atoms with Crippen LogP contribution in [0.3, 0.4) is 0 Å². The molecule has 1 saturated carbocycles. The third kappa shape index (κ3) is 8.64. The Morgan fingerprint density at radius 1 is 0.985 bits per heavy atom. The number of carbonyl (C=O) groups is 3. The second kappa shape index (κ2) is 18.6. The number of hydrogen-bond donors (Lipinski definition) is 2. The highest BCUT2D eigenvalue weighted by Crippen LogP contribution is 2.38. The van der Waals surface area contributed by atoms with E-state index in [1.807, 2.05) is 18.2 Å². The zero-order valence-corrected chi connectivity index (χ0v) is 37.8. The smallest absolute Gasteiger partial charge is 0.329 e. The minimum atomic E-state index is -2.85. The van der Waals surface area contributed by atoms with Gasteiger partial charge in [0.15, 0.2) is 11.3 Å². The summed E-state index contributed by atoms with van der Waals surface area (Å²) < 4.78 is 41.0. The van der Waals surface area contributed by atoms with Crippen LogP contribution in [0, 0.1) is 5.92 Å². The Hall–Kier alpha value is -5.53. The number of unbranched alkanes of at least 4 members (excludes halogenated alkanes) is 1. The molecule has 0 spiro atoms. The van der Waals surface area contributed by atoms with Crippen molar-refractivity contribution in [3.8, 4) is 0 Å². The van der Waals surface area contributed by atoms with Gasteiger partial charge in [0, 0.05) is 70.7 Å². The summed E-state index contributed by atoms with van der Waals surface area (Å²) in [5, 5.41) is 13.8. The number of imide groups is 1. The van der Waals surface area contributed by atoms with Crippen molar-refractivity contribution in [2.24, 2.45) is 13.0 Å². The Balaban J connectivity index is 0.707. The predicted molar refractivity (Wildman–Crippen MR) is 243 cm³/mol. The van der Waals surface area contributed by atoms with Gasteiger partial charge in [0.05, 0.1) is 41.7 Å². The van der Waals surface area contributed by atoms with Gasteiger partial charge in [0.1, 0.15) is 17.4 Å². The van der Waals surface area contributed by atoms with E-state index in [-0.39, 0.29) is 41.4 Å². The molecule has 19 heteroatoms. The summed E-state index contributed by atoms with van der Waals surface area (Å²) in [5.74, 6) is -0.0504. The van der Waals surface area contributed by atoms with Gasteiger partial charge < -0.3 is 19.9 Å². The molecule has 10 rings (SSSR count). The molecule has 1 unspecified atom stereocenters. The van der Waals surface area contributed by atoms with E-state index in [0.29, 0.717) is 55.6 Å². The third-order valence-electron chi connectivity index (χ3n) is 15.0. The van der Waals surface area contributed by atoms with Crippen LogP contribution in [0.5, 0.6) is 0 Å². The van der Waals surface area contributed by atoms with Gasteiger partial charge in [-0.25, -0.2) is 23.1 Å². The van der Waals surface area contributed by atoms with Crippen molar-refractivity contribution in [2.45, 2.75) is 121 Å². The van der Waals surface area contributed by atoms with Gasteiger partial charge in [-0.05, 0) is 101 Å². The number of hydrogen-bond acceptors (Lipinski definition) is 11. The third-order valence-corrected chi connectivity index (χ3v) is 15.0. The van der Waals surface area contributed by atoms with E-state index < -0.39 is 30.0 Å². The molecule has 66 heavy (non-hydrogen) atoms. The molecule has 4 aromatic heterocycles. The number of para-hydroxylation sites is 1. The van der Waals surface area contributed by atoms with Gasteiger partial charge in [0.25, 0.3) is 12.3 Å². The number of anilines is 2. The first-order chi connectivity index (χ1) is 32.0. The summed E-state index contributed by atoms with van der Waals surface area (Å²) in [6.07, 6.45) is 12.3. The van der Waals surface area contributed by atoms with E-state index in [0.717, 1.165) is 94.1 Å². The van der Waals surface area contributed by atoms with Crippen LogP contribution in [0.4, 0.5) is 20.3 Å². The van der Waals surface area contributed by atoms with Crippen LogP contribution >= 0.6 is 0 Å². The molecule has 352 valence electrons. The molecule has 1 aromatic carbocycles. The fourth-order valence-electron chi connectivity index (χ4n) is 11.5. The van der Waals surface area contributed by atoms with Crippen LogP contribution in [0.1, 0.15) is 118 Å². The maximum Gasteiger partial charge on any atom is 0.329 e. The van der Waals surface area contributed by atoms with Crippen molar-refractivity contribution in [3.05, 3.63) is 70.2 Å². The molecule has 2 N–H and O–H groups in total. The number of alkyl halides is 2. The average molecular weight is 911 g/mol. The highest BCUT2D eigenvalue weighted by Gasteiger charge is 2.41. The lowest BCUT2D eigenvalue weighted by molar-refractivity contribution is -0.135. The van der Waals surface area contributed by atoms with E-state index in [1.165, 1.54) is 23.6 Å². The van der Waals surface area contributed by atoms with Crippen molar-refractivity contribution >= 4 is 45.9 Å². The van der Waals surface area contributed by atoms with Crippen molar-refractivity contribution in [1.82, 2.24) is 48.6 Å². The molecule has 5 aromatic rings. The summed E-state index contributed by atoms with van der Waals surface area (Å²) in [5.41, 5.74) is 2.55. The van der Waals surface area contributed by atoms with Crippen molar-refractivity contribution in [3.63, 3.8) is 0 Å². The summed E-state index contributed by atoms with van der Waals surface area (Å²) in [6.45, 7) is 8.23. The van der Waals surface area contributed by atoms with Crippen LogP contribution in [-0.2, 0) is 27.8 Å². The number of fused-ring (bicyclic) bond motifs is 4. The summed E-state index contributed by atoms with van der Waals surface area (Å²) in [7, 11) is 1.76. The number of aryl methyl sites for hydroxylation is 2. The number of likely N-dealkylation sites (tertiary alicyclic amines) is 1. The lowest BCUT2D eigenvalue weighted by Crippen LogP contribution is -2.55. The summed E-state index contributed by atoms with van der Waals surface area (Å²) in [4.78, 5) is 63.7. The number of piperidine rings is 1. The number of amides is 3. The monoisotopic (exact) mass is 910 g/mol. The fraction of sp³-hybridized carbons (Fsp3) is 0.596. The Kier molecular flexibility index (Phi) is 12.5. The van der Waals surface area contributed by atoms with E-state index in [1.54, 1.807) is 33.3 Å². The van der Waals surface area contributed by atoms with Crippen molar-refractivity contribution in [1.29, 1.82) is 0 Å². The molecule has 8 heterocycles. The SMILES string of the molecule is CC[C@@H]1CN(c2ccn3ncc(C(=O)Nc4cn(C5CCC(CN6[C@@H]7CC[C@H]6CN(CCCCc6cccc8c6n(C)c(=O)n8C6CCC(=O)NC6=O)C7)CC5)nc4C(F)F)c3n2)CCO1. The van der Waals surface area contributed by atoms with E-state index >= 15 is 0 Å². The van der Waals surface area contributed by atoms with Crippen LogP contribution in [0.15, 0.2) is 47.7 Å². The highest BCUT2D eigenvalue weighted by molar-refractivity contribution is 6.08. The second-order valence-corrected chi connectivity index (χ2v) is 19.1. The Morgan fingerprint density at radius 3 is 2.53 bits per heavy atom. The first-order valence-corrected chi connectivity index (χ1v) is 23.9. The maximum atomic E-state index is 14.4. The number of nitrogens with zero attached hydrogens (tertiary/aromatic N) is 10. The van der Waals surface area contributed by atoms with Crippen molar-refractivity contribution in [2.75, 3.05) is 56.1 Å². The van der Waals surface area contributed by atoms with Gasteiger partial charge in [-0.15, -0.1) is 0 Å². The zero-order chi connectivity index (χ0) is 45.6. The summed E-state index contributed by atoms with van der Waals surface area (Å²) >= 11 is 0. The number of piperazine rings is 1. The maximum absolute atomic E-state index is 14.4. The van der Waals surface area contributed by atoms with Crippen LogP contribution < -0.4 is 21.2 Å². The average Bonchev–Trinajstić information content (AvgIpc) is 4.06. The van der Waals surface area contributed by atoms with Gasteiger partial charge in [-0.3, -0.25) is 38.4 Å². The molecular weight excluding hydrogens is 851 g/mol. The molecule has 4 atom stereocenters. The fourth-order valence-corrected chi connectivity index (χ4v) is 11.5. The van der Waals surface area contributed by atoms with Crippen LogP contribution in [-0.4, -0.2) is 125 Å². The number of halogens is 2. The largest absolute Gasteiger partial charge is 0.375 e. The number of aromatic nitrogens is 7. The molecule has 5 fully saturated rings. The minimum Gasteiger partial charge on any atom is -0.375 e. The lowest BCUT2D eigenvalue weighted by Gasteiger charge is -2.43. The molecule has 0 radical (unpaired) electrons. The molecule has 4 saturated heterocycles. The molecule has 4 aliphatic heterocycles. The minimum absolute atomic E-state index is 0.00655. The first-order valence-electron chi connectivity index (χ1n) is 23.9. The van der Waals surface area contributed by atoms with Gasteiger partial charge >= 0.3 is 5.69 Å². The molecule has 5 aliphatic rings. The Morgan fingerprint density at radius 2 is 1.77 bits per heavy atom. The predicted octanol–water partition coefficient (Wildman–Crippen LogP) is 5.26. The molecule has 1 aliphatic carbocycles. The topological polar surface area (TPSA) is 169 Å². The Labute approximate surface area is 381 Å². The molecule has 3 amide bonds. The Bertz CT molecular complexity index is 2650. The zero-order valence-electron chi connectivity index (χ0n) is 37.8. The number of morpholine rings is 1. The molecular formula is C47H60F2N12O5. The summed E-state index contributed by atoms with van der Waals surface area (Å²) in [6, 6.07) is 8.11. The van der Waals surface area contributed by atoms with Gasteiger partial charge in [0.2, 0.25) is 11.8 Å². The number of imidazole rings is 1. The van der Waals surface area contributed by atoms with Crippen molar-refractivity contribution < 1.29 is 27.9 Å². The quantitative estimate of drug-likeness (QED) is 0.110. The lowest BCUT2D eigenvalue weighted by atomic mass is 9.85. The molecule has 2 bridgehead atoms. The van der Waals surface area contributed by atoms with E-state index in [9.17, 15) is 28.0 Å². The van der Waals surface area contributed by atoms with Gasteiger partial charge in [-0.1, -0.05) is 19.1 Å². The second-order valence-electron chi connectivity index (χ2n) is 19.1. The standard InChI is InChI=1S/C47H60F2N12O5/c1-3-34-27-57(21-22-66-34)39-18-20-59-44(52-39)35(23-50-59)45(63)51-36-28-60(54-41(36)43(48)49)31-12-10-29(11-13-31)24-58-32-14-15-33(58)26-56(25-32)19-5-4-7-30-8-6-9-37-42(30)55(2)47(65)61(37)38-16-17-40(62)53-46(38)64/h6,8-9,18,20,23,28-29,31-34,38,43H,3-5,7,10-17,19,21-22,24-27H2,1-2H3,(H,51,63)(H,53,62,64)/t29?,31?,32-,33+,34-,38?/m1/s1. The first kappa shape index (κ1) is 44.3. The number of carbonyl (C=O) groups excluding carboxylic acids is 3. The molecule has 17 nitrogen and oxygen atoms in total. The number of ether oxygens (including phenoxy) is 1. The van der Waals surface area contributed by atoms with E-state index in [4.69, 9.17) is 9.72 Å². The highest BCUT2D eigenvalue weighted by atomic mass is 19.3. The normalized spacial score (nSPS) is 25.4. The number of nitrogens with one attached hydrogen (secondary N) is 2. The van der Waals surface area contributed by atoms with E-state index in [2.05, 4.69) is 48.5 Å². The van der Waals surface area contributed by atoms with Crippen LogP contribution in [0.25, 0.3) is 16.7 Å². The number of benzene rings is 1. The number of rotatable bonds is 14. The van der Waals surface area contributed by atoms with Gasteiger partial charge in [-0.2, -0.15) is 10.2 Å². The van der Waals surface area contributed by atoms with Crippen LogP contribution in [0.2, 0.25) is 0 Å².